The summed E-state index contributed by atoms with van der Waals surface area (Å²) in [7, 11) is 1.50. The van der Waals surface area contributed by atoms with Gasteiger partial charge in [-0.3, -0.25) is 19.2 Å². The molecule has 0 radical (unpaired) electrons. The minimum atomic E-state index is -1.38. The summed E-state index contributed by atoms with van der Waals surface area (Å²) >= 11 is 3.74. The van der Waals surface area contributed by atoms with E-state index in [0.29, 0.717) is 30.5 Å². The Morgan fingerprint density at radius 1 is 1.12 bits per heavy atom. The topological polar surface area (TPSA) is 135 Å². The summed E-state index contributed by atoms with van der Waals surface area (Å²) in [5.41, 5.74) is -0.0967. The third kappa shape index (κ3) is 7.76. The normalized spacial score (nSPS) is 26.3. The van der Waals surface area contributed by atoms with E-state index in [1.54, 1.807) is 41.3 Å². The number of nitrogens with zero attached hydrogens (tertiary/aromatic N) is 2. The lowest BCUT2D eigenvalue weighted by Crippen LogP contribution is -2.57. The van der Waals surface area contributed by atoms with Gasteiger partial charge in [0.2, 0.25) is 17.7 Å². The molecular weight excluding hydrogens is 730 g/mol. The number of ether oxygens (including phenoxy) is 3. The van der Waals surface area contributed by atoms with Crippen molar-refractivity contribution in [2.75, 3.05) is 33.4 Å². The maximum atomic E-state index is 14.9. The standard InChI is InChI=1S/C40H50BrN3O8/c1-5-8-20-31(46)42-29(25-50-4)34(27-18-14-11-15-19-27)51-39(49)32-33-37(47)44(30(24-45)26-16-12-10-13-17-26)36(40(33)23-28(41)35(32)52-40)38(48)43(21-7-3)22-9-6-2/h5,7,10-19,28-30,32-36,45H,1,3,6,8-9,20-25H2,2,4H3,(H,42,46)/t28?,29-,30+,32-,33+,34-,35-,36-,40+/m0/s1. The lowest BCUT2D eigenvalue weighted by atomic mass is 9.70. The molecule has 2 bridgehead atoms. The Morgan fingerprint density at radius 2 is 1.79 bits per heavy atom. The molecule has 0 aliphatic carbocycles. The molecule has 1 unspecified atom stereocenters. The second-order valence-electron chi connectivity index (χ2n) is 13.7. The van der Waals surface area contributed by atoms with E-state index in [0.717, 1.165) is 12.8 Å². The molecule has 280 valence electrons. The number of allylic oxidation sites excluding steroid dienone is 1. The maximum Gasteiger partial charge on any atom is 0.313 e. The molecule has 3 fully saturated rings. The van der Waals surface area contributed by atoms with E-state index in [-0.39, 0.29) is 36.2 Å². The Labute approximate surface area is 314 Å². The highest BCUT2D eigenvalue weighted by atomic mass is 79.9. The molecule has 3 aliphatic rings. The van der Waals surface area contributed by atoms with Gasteiger partial charge >= 0.3 is 5.97 Å². The molecular formula is C40H50BrN3O8. The SMILES string of the molecule is C=CCCC(=O)N[C@@H](COC)[C@@H](OC(=O)[C@@H]1[C@H]2O[C@@]3(CC2Br)[C@H](C(=O)N(CC=C)CCCC)N([C@H](CO)c2ccccc2)C(=O)[C@@H]13)c1ccccc1. The summed E-state index contributed by atoms with van der Waals surface area (Å²) in [4.78, 5) is 60.1. The smallest absolute Gasteiger partial charge is 0.313 e. The van der Waals surface area contributed by atoms with Gasteiger partial charge in [-0.2, -0.15) is 0 Å². The Bertz CT molecular complexity index is 1580. The zero-order chi connectivity index (χ0) is 37.4. The fourth-order valence-corrected chi connectivity index (χ4v) is 9.02. The van der Waals surface area contributed by atoms with E-state index in [4.69, 9.17) is 14.2 Å². The van der Waals surface area contributed by atoms with Crippen LogP contribution < -0.4 is 5.32 Å². The number of alkyl halides is 1. The van der Waals surface area contributed by atoms with Gasteiger partial charge in [-0.25, -0.2) is 0 Å². The van der Waals surface area contributed by atoms with Crippen LogP contribution in [0.5, 0.6) is 0 Å². The Balaban J connectivity index is 1.56. The van der Waals surface area contributed by atoms with Gasteiger partial charge in [0, 0.05) is 31.4 Å². The molecule has 5 rings (SSSR count). The van der Waals surface area contributed by atoms with Gasteiger partial charge in [0.05, 0.1) is 43.2 Å². The van der Waals surface area contributed by atoms with Crippen LogP contribution in [0.2, 0.25) is 0 Å². The zero-order valence-electron chi connectivity index (χ0n) is 29.9. The number of aliphatic hydroxyl groups excluding tert-OH is 1. The third-order valence-corrected chi connectivity index (χ3v) is 11.2. The molecule has 0 saturated carbocycles. The van der Waals surface area contributed by atoms with Crippen LogP contribution in [-0.2, 0) is 33.4 Å². The summed E-state index contributed by atoms with van der Waals surface area (Å²) in [6, 6.07) is 15.4. The van der Waals surface area contributed by atoms with Crippen molar-refractivity contribution in [3.8, 4) is 0 Å². The average Bonchev–Trinajstić information content (AvgIpc) is 3.75. The highest BCUT2D eigenvalue weighted by Gasteiger charge is 2.77. The van der Waals surface area contributed by atoms with Crippen molar-refractivity contribution in [1.82, 2.24) is 15.1 Å². The van der Waals surface area contributed by atoms with E-state index in [1.165, 1.54) is 12.0 Å². The number of methoxy groups -OCH3 is 1. The molecule has 2 aromatic carbocycles. The molecule has 3 aliphatic heterocycles. The summed E-state index contributed by atoms with van der Waals surface area (Å²) in [5, 5.41) is 13.8. The largest absolute Gasteiger partial charge is 0.455 e. The average molecular weight is 781 g/mol. The van der Waals surface area contributed by atoms with Gasteiger partial charge in [-0.15, -0.1) is 13.2 Å². The molecule has 3 amide bonds. The number of fused-ring (bicyclic) bond motifs is 1. The molecule has 9 atom stereocenters. The second-order valence-corrected chi connectivity index (χ2v) is 14.8. The molecule has 1 spiro atoms. The Morgan fingerprint density at radius 3 is 2.38 bits per heavy atom. The number of nitrogens with one attached hydrogen (secondary N) is 1. The minimum absolute atomic E-state index is 0.0428. The van der Waals surface area contributed by atoms with Crippen molar-refractivity contribution >= 4 is 39.6 Å². The first kappa shape index (κ1) is 39.4. The first-order valence-electron chi connectivity index (χ1n) is 18.0. The van der Waals surface area contributed by atoms with E-state index >= 15 is 0 Å². The Hall–Kier alpha value is -3.84. The number of carbonyl (C=O) groups excluding carboxylic acids is 4. The van der Waals surface area contributed by atoms with Crippen LogP contribution in [0.15, 0.2) is 86.0 Å². The second kappa shape index (κ2) is 17.8. The summed E-state index contributed by atoms with van der Waals surface area (Å²) in [5.74, 6) is -3.88. The van der Waals surface area contributed by atoms with Gasteiger partial charge < -0.3 is 34.4 Å². The van der Waals surface area contributed by atoms with Crippen LogP contribution >= 0.6 is 15.9 Å². The van der Waals surface area contributed by atoms with Crippen molar-refractivity contribution in [1.29, 1.82) is 0 Å². The fraction of sp³-hybridized carbons (Fsp3) is 0.500. The van der Waals surface area contributed by atoms with Crippen LogP contribution in [0.3, 0.4) is 0 Å². The first-order chi connectivity index (χ1) is 25.2. The Kier molecular flexibility index (Phi) is 13.5. The van der Waals surface area contributed by atoms with Gasteiger partial charge in [-0.05, 0) is 30.4 Å². The lowest BCUT2D eigenvalue weighted by Gasteiger charge is -2.39. The summed E-state index contributed by atoms with van der Waals surface area (Å²) in [6.45, 7) is 9.90. The van der Waals surface area contributed by atoms with Crippen LogP contribution in [0, 0.1) is 11.8 Å². The monoisotopic (exact) mass is 779 g/mol. The minimum Gasteiger partial charge on any atom is -0.455 e. The van der Waals surface area contributed by atoms with Gasteiger partial charge in [0.15, 0.2) is 0 Å². The predicted octanol–water partition coefficient (Wildman–Crippen LogP) is 4.66. The maximum absolute atomic E-state index is 14.9. The molecule has 52 heavy (non-hydrogen) atoms. The molecule has 2 aromatic rings. The fourth-order valence-electron chi connectivity index (χ4n) is 8.08. The van der Waals surface area contributed by atoms with Gasteiger partial charge in [0.1, 0.15) is 17.7 Å². The van der Waals surface area contributed by atoms with Gasteiger partial charge in [-0.1, -0.05) is 102 Å². The van der Waals surface area contributed by atoms with Crippen molar-refractivity contribution in [3.63, 3.8) is 0 Å². The van der Waals surface area contributed by atoms with Crippen molar-refractivity contribution in [2.45, 2.75) is 79.8 Å². The van der Waals surface area contributed by atoms with E-state index in [1.807, 2.05) is 43.3 Å². The van der Waals surface area contributed by atoms with Crippen LogP contribution in [-0.4, -0.2) is 101 Å². The number of hydrogen-bond donors (Lipinski definition) is 2. The molecule has 12 heteroatoms. The lowest BCUT2D eigenvalue weighted by molar-refractivity contribution is -0.163. The molecule has 0 aromatic heterocycles. The number of likely N-dealkylation sites (tertiary alicyclic amines) is 1. The van der Waals surface area contributed by atoms with Crippen LogP contribution in [0.1, 0.15) is 62.3 Å². The zero-order valence-corrected chi connectivity index (χ0v) is 31.5. The van der Waals surface area contributed by atoms with Crippen molar-refractivity contribution < 1.29 is 38.5 Å². The summed E-state index contributed by atoms with van der Waals surface area (Å²) in [6.07, 6.45) is 4.12. The number of esters is 1. The molecule has 3 saturated heterocycles. The predicted molar refractivity (Wildman–Crippen MR) is 199 cm³/mol. The molecule has 2 N–H and O–H groups in total. The van der Waals surface area contributed by atoms with Crippen molar-refractivity contribution in [3.05, 3.63) is 97.1 Å². The number of benzene rings is 2. The number of unbranched alkanes of at least 4 members (excludes halogenated alkanes) is 1. The van der Waals surface area contributed by atoms with Crippen molar-refractivity contribution in [2.24, 2.45) is 11.8 Å². The van der Waals surface area contributed by atoms with E-state index in [2.05, 4.69) is 34.4 Å². The number of aliphatic hydroxyl groups is 1. The van der Waals surface area contributed by atoms with Gasteiger partial charge in [0.25, 0.3) is 0 Å². The first-order valence-corrected chi connectivity index (χ1v) is 18.9. The van der Waals surface area contributed by atoms with E-state index in [9.17, 15) is 24.3 Å². The van der Waals surface area contributed by atoms with Crippen LogP contribution in [0.25, 0.3) is 0 Å². The summed E-state index contributed by atoms with van der Waals surface area (Å²) < 4.78 is 18.6. The number of amides is 3. The molecule has 11 nitrogen and oxygen atoms in total. The van der Waals surface area contributed by atoms with Crippen LogP contribution in [0.4, 0.5) is 0 Å². The third-order valence-electron chi connectivity index (χ3n) is 10.4. The highest BCUT2D eigenvalue weighted by Crippen LogP contribution is 2.61. The highest BCUT2D eigenvalue weighted by molar-refractivity contribution is 9.09. The number of rotatable bonds is 19. The van der Waals surface area contributed by atoms with E-state index < -0.39 is 66.3 Å². The number of hydrogen-bond acceptors (Lipinski definition) is 8. The quantitative estimate of drug-likeness (QED) is 0.120. The number of halogens is 1. The molecule has 3 heterocycles. The number of carbonyl (C=O) groups is 4.